The van der Waals surface area contributed by atoms with E-state index in [0.29, 0.717) is 12.1 Å². The zero-order chi connectivity index (χ0) is 22.5. The number of anilines is 1. The third-order valence-electron chi connectivity index (χ3n) is 4.83. The van der Waals surface area contributed by atoms with Crippen LogP contribution in [0.15, 0.2) is 53.4 Å². The van der Waals surface area contributed by atoms with Gasteiger partial charge in [-0.2, -0.15) is 4.31 Å². The van der Waals surface area contributed by atoms with Gasteiger partial charge in [0, 0.05) is 33.2 Å². The molecule has 166 valence electrons. The van der Waals surface area contributed by atoms with Crippen molar-refractivity contribution in [2.24, 2.45) is 11.7 Å². The Labute approximate surface area is 179 Å². The number of benzene rings is 2. The zero-order valence-corrected chi connectivity index (χ0v) is 18.9. The van der Waals surface area contributed by atoms with E-state index < -0.39 is 22.2 Å². The topological polar surface area (TPSA) is 107 Å². The molecule has 0 aliphatic carbocycles. The van der Waals surface area contributed by atoms with E-state index in [1.165, 1.54) is 22.5 Å². The van der Waals surface area contributed by atoms with Crippen molar-refractivity contribution in [3.05, 3.63) is 54.1 Å². The van der Waals surface area contributed by atoms with Gasteiger partial charge in [-0.15, -0.1) is 0 Å². The molecule has 2 rings (SSSR count). The Balaban J connectivity index is 2.26. The Morgan fingerprint density at radius 3 is 2.23 bits per heavy atom. The smallest absolute Gasteiger partial charge is 0.243 e. The van der Waals surface area contributed by atoms with Crippen LogP contribution >= 0.6 is 0 Å². The van der Waals surface area contributed by atoms with Crippen LogP contribution in [-0.4, -0.2) is 62.3 Å². The summed E-state index contributed by atoms with van der Waals surface area (Å²) in [7, 11) is -0.439. The van der Waals surface area contributed by atoms with Crippen LogP contribution in [0, 0.1) is 5.92 Å². The number of phenols is 1. The summed E-state index contributed by atoms with van der Waals surface area (Å²) in [6.45, 7) is 3.98. The fourth-order valence-electron chi connectivity index (χ4n) is 3.22. The quantitative estimate of drug-likeness (QED) is 0.527. The van der Waals surface area contributed by atoms with Crippen molar-refractivity contribution in [1.29, 1.82) is 0 Å². The Morgan fingerprint density at radius 2 is 1.67 bits per heavy atom. The predicted molar refractivity (Wildman–Crippen MR) is 120 cm³/mol. The van der Waals surface area contributed by atoms with Gasteiger partial charge in [0.05, 0.1) is 16.7 Å². The molecule has 0 bridgehead atoms. The van der Waals surface area contributed by atoms with E-state index in [9.17, 15) is 18.6 Å². The lowest BCUT2D eigenvalue weighted by atomic mass is 10.0. The van der Waals surface area contributed by atoms with Crippen LogP contribution in [0.25, 0.3) is 0 Å². The molecule has 7 nitrogen and oxygen atoms in total. The van der Waals surface area contributed by atoms with E-state index in [1.807, 2.05) is 44.2 Å². The first-order valence-electron chi connectivity index (χ1n) is 10.0. The first-order chi connectivity index (χ1) is 14.0. The van der Waals surface area contributed by atoms with Gasteiger partial charge in [-0.05, 0) is 36.1 Å². The number of aliphatic hydroxyl groups is 1. The van der Waals surface area contributed by atoms with E-state index in [0.717, 1.165) is 5.56 Å². The summed E-state index contributed by atoms with van der Waals surface area (Å²) >= 11 is 0. The summed E-state index contributed by atoms with van der Waals surface area (Å²) in [5, 5.41) is 20.7. The number of aliphatic hydroxyl groups excluding tert-OH is 1. The second-order valence-corrected chi connectivity index (χ2v) is 10.1. The van der Waals surface area contributed by atoms with Crippen molar-refractivity contribution < 1.29 is 18.6 Å². The van der Waals surface area contributed by atoms with Crippen LogP contribution in [0.4, 0.5) is 5.69 Å². The Hall–Kier alpha value is -2.13. The number of nitrogens with two attached hydrogens (primary N) is 1. The number of rotatable bonds is 10. The summed E-state index contributed by atoms with van der Waals surface area (Å²) in [4.78, 5) is 1.71. The molecule has 0 spiro atoms. The van der Waals surface area contributed by atoms with Gasteiger partial charge < -0.3 is 20.8 Å². The van der Waals surface area contributed by atoms with Crippen molar-refractivity contribution >= 4 is 15.7 Å². The maximum absolute atomic E-state index is 13.3. The summed E-state index contributed by atoms with van der Waals surface area (Å²) < 4.78 is 28.0. The molecule has 2 atom stereocenters. The maximum atomic E-state index is 13.3. The first kappa shape index (κ1) is 24.1. The fourth-order valence-corrected chi connectivity index (χ4v) is 4.86. The van der Waals surface area contributed by atoms with Gasteiger partial charge in [-0.1, -0.05) is 44.2 Å². The second kappa shape index (κ2) is 10.3. The van der Waals surface area contributed by atoms with Crippen LogP contribution < -0.4 is 10.6 Å². The number of hydrogen-bond donors (Lipinski definition) is 3. The summed E-state index contributed by atoms with van der Waals surface area (Å²) in [6, 6.07) is 13.1. The summed E-state index contributed by atoms with van der Waals surface area (Å²) in [5.74, 6) is 0.0574. The average Bonchev–Trinajstić information content (AvgIpc) is 2.67. The van der Waals surface area contributed by atoms with Gasteiger partial charge in [-0.25, -0.2) is 8.42 Å². The lowest BCUT2D eigenvalue weighted by Crippen LogP contribution is -2.47. The number of aromatic hydroxyl groups is 1. The highest BCUT2D eigenvalue weighted by Gasteiger charge is 2.30. The molecule has 0 radical (unpaired) electrons. The third kappa shape index (κ3) is 6.18. The highest BCUT2D eigenvalue weighted by atomic mass is 32.2. The van der Waals surface area contributed by atoms with Crippen molar-refractivity contribution in [1.82, 2.24) is 4.31 Å². The molecule has 2 aromatic rings. The zero-order valence-electron chi connectivity index (χ0n) is 18.1. The van der Waals surface area contributed by atoms with Gasteiger partial charge in [-0.3, -0.25) is 0 Å². The highest BCUT2D eigenvalue weighted by Crippen LogP contribution is 2.30. The lowest BCUT2D eigenvalue weighted by molar-refractivity contribution is 0.116. The van der Waals surface area contributed by atoms with E-state index in [-0.39, 0.29) is 29.7 Å². The van der Waals surface area contributed by atoms with E-state index in [4.69, 9.17) is 5.73 Å². The van der Waals surface area contributed by atoms with E-state index in [2.05, 4.69) is 0 Å². The predicted octanol–water partition coefficient (Wildman–Crippen LogP) is 2.04. The van der Waals surface area contributed by atoms with Crippen LogP contribution in [0.1, 0.15) is 19.4 Å². The number of hydrogen-bond acceptors (Lipinski definition) is 6. The van der Waals surface area contributed by atoms with Gasteiger partial charge in [0.25, 0.3) is 0 Å². The van der Waals surface area contributed by atoms with E-state index in [1.54, 1.807) is 19.0 Å². The monoisotopic (exact) mass is 435 g/mol. The maximum Gasteiger partial charge on any atom is 0.243 e. The molecule has 0 aromatic heterocycles. The van der Waals surface area contributed by atoms with Crippen molar-refractivity contribution in [2.75, 3.05) is 32.1 Å². The second-order valence-electron chi connectivity index (χ2n) is 8.18. The number of sulfonamides is 1. The molecular weight excluding hydrogens is 402 g/mol. The van der Waals surface area contributed by atoms with Crippen molar-refractivity contribution in [2.45, 2.75) is 37.3 Å². The standard InChI is InChI=1S/C22H33N3O4S/c1-16(2)14-25(15-22(27)19(23)12-17-8-6-5-7-9-17)30(28,29)18-10-11-21(26)20(13-18)24(3)4/h5-11,13,16,19,22,26-27H,12,14-15,23H2,1-4H3/t19-,22+/m0/s1. The SMILES string of the molecule is CC(C)CN(C[C@@H](O)[C@@H](N)Cc1ccccc1)S(=O)(=O)c1ccc(O)c(N(C)C)c1. The van der Waals surface area contributed by atoms with Gasteiger partial charge >= 0.3 is 0 Å². The van der Waals surface area contributed by atoms with Gasteiger partial charge in [0.1, 0.15) is 5.75 Å². The fraction of sp³-hybridized carbons (Fsp3) is 0.455. The summed E-state index contributed by atoms with van der Waals surface area (Å²) in [5.41, 5.74) is 7.57. The van der Waals surface area contributed by atoms with Crippen molar-refractivity contribution in [3.8, 4) is 5.75 Å². The van der Waals surface area contributed by atoms with Crippen molar-refractivity contribution in [3.63, 3.8) is 0 Å². The molecule has 4 N–H and O–H groups in total. The molecule has 2 aromatic carbocycles. The molecular formula is C22H33N3O4S. The van der Waals surface area contributed by atoms with E-state index >= 15 is 0 Å². The molecule has 0 aliphatic rings. The Bertz CT molecular complexity index is 917. The van der Waals surface area contributed by atoms with Crippen LogP contribution in [0.2, 0.25) is 0 Å². The molecule has 8 heteroatoms. The molecule has 0 saturated carbocycles. The lowest BCUT2D eigenvalue weighted by Gasteiger charge is -2.29. The molecule has 0 amide bonds. The summed E-state index contributed by atoms with van der Waals surface area (Å²) in [6.07, 6.45) is -0.578. The normalized spacial score (nSPS) is 14.1. The largest absolute Gasteiger partial charge is 0.506 e. The van der Waals surface area contributed by atoms with Crippen LogP contribution in [-0.2, 0) is 16.4 Å². The minimum absolute atomic E-state index is 0.000669. The molecule has 30 heavy (non-hydrogen) atoms. The molecule has 0 fully saturated rings. The molecule has 0 unspecified atom stereocenters. The minimum atomic E-state index is -3.89. The minimum Gasteiger partial charge on any atom is -0.506 e. The van der Waals surface area contributed by atoms with Gasteiger partial charge in [0.15, 0.2) is 0 Å². The molecule has 0 saturated heterocycles. The first-order valence-corrected chi connectivity index (χ1v) is 11.4. The molecule has 0 aliphatic heterocycles. The average molecular weight is 436 g/mol. The number of phenolic OH excluding ortho intramolecular Hbond substituents is 1. The Kier molecular flexibility index (Phi) is 8.25. The Morgan fingerprint density at radius 1 is 1.03 bits per heavy atom. The van der Waals surface area contributed by atoms with Gasteiger partial charge in [0.2, 0.25) is 10.0 Å². The highest BCUT2D eigenvalue weighted by molar-refractivity contribution is 7.89. The number of nitrogens with zero attached hydrogens (tertiary/aromatic N) is 2. The van der Waals surface area contributed by atoms with Crippen LogP contribution in [0.5, 0.6) is 5.75 Å². The van der Waals surface area contributed by atoms with Crippen LogP contribution in [0.3, 0.4) is 0 Å². The third-order valence-corrected chi connectivity index (χ3v) is 6.66. The molecule has 0 heterocycles.